The van der Waals surface area contributed by atoms with Gasteiger partial charge in [0.15, 0.2) is 0 Å². The molecule has 4 nitrogen and oxygen atoms in total. The zero-order valence-corrected chi connectivity index (χ0v) is 12.4. The number of benzene rings is 1. The Morgan fingerprint density at radius 2 is 2.29 bits per heavy atom. The minimum atomic E-state index is 0.672. The molecular weight excluding hydrogens is 262 g/mol. The highest BCUT2D eigenvalue weighted by Gasteiger charge is 2.21. The van der Waals surface area contributed by atoms with Crippen LogP contribution in [0.3, 0.4) is 0 Å². The molecule has 0 aliphatic heterocycles. The number of hydrogen-bond acceptors (Lipinski definition) is 3. The Balaban J connectivity index is 1.92. The van der Waals surface area contributed by atoms with Gasteiger partial charge in [-0.2, -0.15) is 5.26 Å². The van der Waals surface area contributed by atoms with Crippen LogP contribution in [0.4, 0.5) is 0 Å². The number of fused-ring (bicyclic) bond motifs is 1. The SMILES string of the molecule is COCCCn1cc(CNC2CC2)c2c(C#N)cccc21. The van der Waals surface area contributed by atoms with Crippen molar-refractivity contribution in [3.63, 3.8) is 0 Å². The van der Waals surface area contributed by atoms with Crippen molar-refractivity contribution in [3.8, 4) is 6.07 Å². The number of hydrogen-bond donors (Lipinski definition) is 1. The second-order valence-electron chi connectivity index (χ2n) is 5.66. The molecule has 0 radical (unpaired) electrons. The van der Waals surface area contributed by atoms with E-state index in [-0.39, 0.29) is 0 Å². The van der Waals surface area contributed by atoms with Crippen molar-refractivity contribution in [2.75, 3.05) is 13.7 Å². The summed E-state index contributed by atoms with van der Waals surface area (Å²) in [5.41, 5.74) is 3.15. The van der Waals surface area contributed by atoms with Crippen molar-refractivity contribution in [1.29, 1.82) is 5.26 Å². The lowest BCUT2D eigenvalue weighted by Gasteiger charge is -2.04. The minimum absolute atomic E-state index is 0.672. The maximum Gasteiger partial charge on any atom is 0.0998 e. The molecule has 21 heavy (non-hydrogen) atoms. The van der Waals surface area contributed by atoms with Crippen LogP contribution in [0.5, 0.6) is 0 Å². The first-order valence-electron chi connectivity index (χ1n) is 7.56. The molecule has 4 heteroatoms. The van der Waals surface area contributed by atoms with Crippen LogP contribution >= 0.6 is 0 Å². The van der Waals surface area contributed by atoms with E-state index >= 15 is 0 Å². The predicted octanol–water partition coefficient (Wildman–Crippen LogP) is 2.80. The van der Waals surface area contributed by atoms with E-state index in [1.54, 1.807) is 7.11 Å². The molecule has 1 aromatic heterocycles. The van der Waals surface area contributed by atoms with Crippen LogP contribution < -0.4 is 5.32 Å². The number of nitriles is 1. The van der Waals surface area contributed by atoms with Crippen LogP contribution in [0, 0.1) is 11.3 Å². The summed E-state index contributed by atoms with van der Waals surface area (Å²) in [6.45, 7) is 2.52. The number of ether oxygens (including phenoxy) is 1. The largest absolute Gasteiger partial charge is 0.385 e. The Bertz CT molecular complexity index is 664. The van der Waals surface area contributed by atoms with Crippen LogP contribution in [0.15, 0.2) is 24.4 Å². The van der Waals surface area contributed by atoms with E-state index < -0.39 is 0 Å². The van der Waals surface area contributed by atoms with Crippen molar-refractivity contribution < 1.29 is 4.74 Å². The van der Waals surface area contributed by atoms with Crippen molar-refractivity contribution in [2.45, 2.75) is 38.4 Å². The lowest BCUT2D eigenvalue weighted by Crippen LogP contribution is -2.15. The zero-order chi connectivity index (χ0) is 14.7. The summed E-state index contributed by atoms with van der Waals surface area (Å²) in [6.07, 6.45) is 5.72. The highest BCUT2D eigenvalue weighted by Crippen LogP contribution is 2.27. The average molecular weight is 283 g/mol. The van der Waals surface area contributed by atoms with Gasteiger partial charge in [-0.3, -0.25) is 0 Å². The van der Waals surface area contributed by atoms with Gasteiger partial charge in [0.25, 0.3) is 0 Å². The number of nitrogens with one attached hydrogen (secondary N) is 1. The highest BCUT2D eigenvalue weighted by molar-refractivity contribution is 5.89. The summed E-state index contributed by atoms with van der Waals surface area (Å²) in [4.78, 5) is 0. The molecule has 0 bridgehead atoms. The number of rotatable bonds is 7. The van der Waals surface area contributed by atoms with Gasteiger partial charge in [0, 0.05) is 49.9 Å². The van der Waals surface area contributed by atoms with E-state index in [2.05, 4.69) is 28.2 Å². The Hall–Kier alpha value is -1.83. The molecular formula is C17H21N3O. The van der Waals surface area contributed by atoms with E-state index in [0.29, 0.717) is 6.04 Å². The molecule has 110 valence electrons. The standard InChI is InChI=1S/C17H21N3O/c1-21-9-3-8-20-12-14(11-19-15-6-7-15)17-13(10-18)4-2-5-16(17)20/h2,4-5,12,15,19H,3,6-9,11H2,1H3. The quantitative estimate of drug-likeness (QED) is 0.795. The van der Waals surface area contributed by atoms with Crippen molar-refractivity contribution in [3.05, 3.63) is 35.5 Å². The van der Waals surface area contributed by atoms with E-state index in [1.807, 2.05) is 12.1 Å². The first-order valence-corrected chi connectivity index (χ1v) is 7.56. The normalized spacial score (nSPS) is 14.5. The Kier molecular flexibility index (Phi) is 4.23. The van der Waals surface area contributed by atoms with E-state index in [9.17, 15) is 5.26 Å². The van der Waals surface area contributed by atoms with Gasteiger partial charge in [-0.15, -0.1) is 0 Å². The van der Waals surface area contributed by atoms with Gasteiger partial charge in [-0.25, -0.2) is 0 Å². The Morgan fingerprint density at radius 1 is 1.43 bits per heavy atom. The van der Waals surface area contributed by atoms with Crippen molar-refractivity contribution in [2.24, 2.45) is 0 Å². The second kappa shape index (κ2) is 6.30. The maximum atomic E-state index is 9.37. The van der Waals surface area contributed by atoms with Crippen LogP contribution in [0.25, 0.3) is 10.9 Å². The zero-order valence-electron chi connectivity index (χ0n) is 12.4. The summed E-state index contributed by atoms with van der Waals surface area (Å²) < 4.78 is 7.39. The third kappa shape index (κ3) is 3.10. The number of methoxy groups -OCH3 is 1. The van der Waals surface area contributed by atoms with Crippen LogP contribution in [0.2, 0.25) is 0 Å². The number of nitrogens with zero attached hydrogens (tertiary/aromatic N) is 2. The van der Waals surface area contributed by atoms with Gasteiger partial charge in [-0.05, 0) is 37.0 Å². The first kappa shape index (κ1) is 14.1. The molecule has 1 aliphatic rings. The second-order valence-corrected chi connectivity index (χ2v) is 5.66. The molecule has 0 saturated heterocycles. The fourth-order valence-electron chi connectivity index (χ4n) is 2.77. The van der Waals surface area contributed by atoms with Gasteiger partial charge in [0.1, 0.15) is 0 Å². The topological polar surface area (TPSA) is 50.0 Å². The first-order chi connectivity index (χ1) is 10.3. The average Bonchev–Trinajstić information content (AvgIpc) is 3.27. The maximum absolute atomic E-state index is 9.37. The summed E-state index contributed by atoms with van der Waals surface area (Å²) in [5.74, 6) is 0. The number of aromatic nitrogens is 1. The molecule has 2 aromatic rings. The number of aryl methyl sites for hydroxylation is 1. The van der Waals surface area contributed by atoms with E-state index in [4.69, 9.17) is 4.74 Å². The molecule has 1 saturated carbocycles. The molecule has 3 rings (SSSR count). The Labute approximate surface area is 125 Å². The summed E-state index contributed by atoms with van der Waals surface area (Å²) in [7, 11) is 1.73. The summed E-state index contributed by atoms with van der Waals surface area (Å²) in [6, 6.07) is 8.97. The van der Waals surface area contributed by atoms with Gasteiger partial charge in [0.05, 0.1) is 11.6 Å². The lowest BCUT2D eigenvalue weighted by molar-refractivity contribution is 0.190. The smallest absolute Gasteiger partial charge is 0.0998 e. The van der Waals surface area contributed by atoms with E-state index in [1.165, 1.54) is 18.4 Å². The lowest BCUT2D eigenvalue weighted by atomic mass is 10.1. The molecule has 1 heterocycles. The van der Waals surface area contributed by atoms with Gasteiger partial charge in [0.2, 0.25) is 0 Å². The van der Waals surface area contributed by atoms with Crippen LogP contribution in [-0.2, 0) is 17.8 Å². The molecule has 1 N–H and O–H groups in total. The fraction of sp³-hybridized carbons (Fsp3) is 0.471. The van der Waals surface area contributed by atoms with Crippen LogP contribution in [-0.4, -0.2) is 24.3 Å². The molecule has 0 atom stereocenters. The highest BCUT2D eigenvalue weighted by atomic mass is 16.5. The summed E-state index contributed by atoms with van der Waals surface area (Å²) in [5, 5.41) is 14.0. The van der Waals surface area contributed by atoms with Gasteiger partial charge >= 0.3 is 0 Å². The Morgan fingerprint density at radius 3 is 3.00 bits per heavy atom. The van der Waals surface area contributed by atoms with Gasteiger partial charge < -0.3 is 14.6 Å². The minimum Gasteiger partial charge on any atom is -0.385 e. The van der Waals surface area contributed by atoms with Crippen molar-refractivity contribution in [1.82, 2.24) is 9.88 Å². The van der Waals surface area contributed by atoms with Crippen molar-refractivity contribution >= 4 is 10.9 Å². The molecule has 0 amide bonds. The molecule has 1 aliphatic carbocycles. The fourth-order valence-corrected chi connectivity index (χ4v) is 2.77. The predicted molar refractivity (Wildman–Crippen MR) is 83.0 cm³/mol. The third-order valence-corrected chi connectivity index (χ3v) is 4.01. The van der Waals surface area contributed by atoms with Crippen LogP contribution in [0.1, 0.15) is 30.4 Å². The monoisotopic (exact) mass is 283 g/mol. The van der Waals surface area contributed by atoms with E-state index in [0.717, 1.165) is 42.6 Å². The van der Waals surface area contributed by atoms with Gasteiger partial charge in [-0.1, -0.05) is 6.07 Å². The molecule has 1 fully saturated rings. The molecule has 1 aromatic carbocycles. The molecule has 0 unspecified atom stereocenters. The summed E-state index contributed by atoms with van der Waals surface area (Å²) >= 11 is 0. The third-order valence-electron chi connectivity index (χ3n) is 4.01. The molecule has 0 spiro atoms.